The molecule has 19 heavy (non-hydrogen) atoms. The highest BCUT2D eigenvalue weighted by molar-refractivity contribution is 6.30. The third-order valence-corrected chi connectivity index (χ3v) is 3.84. The van der Waals surface area contributed by atoms with Crippen LogP contribution in [-0.2, 0) is 4.74 Å². The van der Waals surface area contributed by atoms with Crippen LogP contribution in [0.25, 0.3) is 0 Å². The van der Waals surface area contributed by atoms with Crippen molar-refractivity contribution in [3.8, 4) is 0 Å². The first-order chi connectivity index (χ1) is 9.16. The van der Waals surface area contributed by atoms with Crippen LogP contribution in [0.1, 0.15) is 17.9 Å². The van der Waals surface area contributed by atoms with Gasteiger partial charge in [-0.3, -0.25) is 0 Å². The molecule has 2 unspecified atom stereocenters. The van der Waals surface area contributed by atoms with Gasteiger partial charge >= 0.3 is 0 Å². The second-order valence-electron chi connectivity index (χ2n) is 5.36. The Balaban J connectivity index is 2.10. The molecule has 0 radical (unpaired) electrons. The zero-order valence-corrected chi connectivity index (χ0v) is 12.5. The molecule has 1 saturated heterocycles. The average Bonchev–Trinajstić information content (AvgIpc) is 2.42. The van der Waals surface area contributed by atoms with Crippen molar-refractivity contribution in [3.05, 3.63) is 34.9 Å². The minimum atomic E-state index is 0.259. The first-order valence-electron chi connectivity index (χ1n) is 6.89. The van der Waals surface area contributed by atoms with Gasteiger partial charge in [-0.15, -0.1) is 0 Å². The summed E-state index contributed by atoms with van der Waals surface area (Å²) >= 11 is 5.98. The maximum absolute atomic E-state index is 5.98. The molecule has 1 aromatic rings. The van der Waals surface area contributed by atoms with Gasteiger partial charge in [-0.2, -0.15) is 0 Å². The van der Waals surface area contributed by atoms with Crippen LogP contribution in [0.3, 0.4) is 0 Å². The molecule has 1 aromatic carbocycles. The van der Waals surface area contributed by atoms with Crippen molar-refractivity contribution < 1.29 is 4.74 Å². The maximum atomic E-state index is 5.98. The predicted octanol–water partition coefficient (Wildman–Crippen LogP) is 2.36. The quantitative estimate of drug-likeness (QED) is 0.897. The minimum Gasteiger partial charge on any atom is -0.375 e. The normalized spacial score (nSPS) is 21.6. The summed E-state index contributed by atoms with van der Waals surface area (Å²) in [7, 11) is 4.22. The summed E-state index contributed by atoms with van der Waals surface area (Å²) in [6.07, 6.45) is 1.36. The molecule has 0 bridgehead atoms. The van der Waals surface area contributed by atoms with Gasteiger partial charge in [0.25, 0.3) is 0 Å². The summed E-state index contributed by atoms with van der Waals surface area (Å²) in [5.74, 6) is 0.424. The van der Waals surface area contributed by atoms with Crippen LogP contribution in [-0.4, -0.2) is 51.3 Å². The summed E-state index contributed by atoms with van der Waals surface area (Å²) in [5, 5.41) is 4.21. The second-order valence-corrected chi connectivity index (χ2v) is 5.80. The molecule has 1 heterocycles. The van der Waals surface area contributed by atoms with E-state index in [1.807, 2.05) is 12.1 Å². The molecule has 1 aliphatic rings. The molecule has 106 valence electrons. The van der Waals surface area contributed by atoms with Crippen LogP contribution in [0.5, 0.6) is 0 Å². The van der Waals surface area contributed by atoms with Crippen molar-refractivity contribution >= 4 is 11.6 Å². The standard InChI is InChI=1S/C15H23ClN2O/c1-18(2)9-7-14(15-11-17-8-10-19-15)12-3-5-13(16)6-4-12/h3-6,14-15,17H,7-11H2,1-2H3. The second kappa shape index (κ2) is 7.25. The third-order valence-electron chi connectivity index (χ3n) is 3.59. The Kier molecular flexibility index (Phi) is 5.64. The van der Waals surface area contributed by atoms with Crippen molar-refractivity contribution in [1.82, 2.24) is 10.2 Å². The number of rotatable bonds is 5. The van der Waals surface area contributed by atoms with E-state index in [2.05, 4.69) is 36.4 Å². The topological polar surface area (TPSA) is 24.5 Å². The Bertz CT molecular complexity index is 374. The molecule has 1 aliphatic heterocycles. The first-order valence-corrected chi connectivity index (χ1v) is 7.27. The van der Waals surface area contributed by atoms with E-state index in [-0.39, 0.29) is 6.10 Å². The number of benzene rings is 1. The number of nitrogens with zero attached hydrogens (tertiary/aromatic N) is 1. The van der Waals surface area contributed by atoms with Crippen LogP contribution in [0.4, 0.5) is 0 Å². The third kappa shape index (κ3) is 4.46. The Hall–Kier alpha value is -0.610. The number of ether oxygens (including phenoxy) is 1. The van der Waals surface area contributed by atoms with Gasteiger partial charge in [-0.1, -0.05) is 23.7 Å². The molecule has 3 nitrogen and oxygen atoms in total. The largest absolute Gasteiger partial charge is 0.375 e. The maximum Gasteiger partial charge on any atom is 0.0768 e. The van der Waals surface area contributed by atoms with E-state index >= 15 is 0 Å². The van der Waals surface area contributed by atoms with Gasteiger partial charge in [0.2, 0.25) is 0 Å². The van der Waals surface area contributed by atoms with Gasteiger partial charge < -0.3 is 15.0 Å². The lowest BCUT2D eigenvalue weighted by Crippen LogP contribution is -2.42. The van der Waals surface area contributed by atoms with E-state index in [0.717, 1.165) is 37.7 Å². The minimum absolute atomic E-state index is 0.259. The van der Waals surface area contributed by atoms with E-state index in [0.29, 0.717) is 5.92 Å². The van der Waals surface area contributed by atoms with Crippen LogP contribution in [0, 0.1) is 0 Å². The average molecular weight is 283 g/mol. The molecule has 1 fully saturated rings. The molecule has 2 rings (SSSR count). The Morgan fingerprint density at radius 2 is 2.11 bits per heavy atom. The van der Waals surface area contributed by atoms with E-state index in [9.17, 15) is 0 Å². The monoisotopic (exact) mass is 282 g/mol. The SMILES string of the molecule is CN(C)CCC(c1ccc(Cl)cc1)C1CNCCO1. The highest BCUT2D eigenvalue weighted by Gasteiger charge is 2.25. The fraction of sp³-hybridized carbons (Fsp3) is 0.600. The molecule has 1 N–H and O–H groups in total. The van der Waals surface area contributed by atoms with Crippen molar-refractivity contribution in [2.24, 2.45) is 0 Å². The lowest BCUT2D eigenvalue weighted by molar-refractivity contribution is 0.00810. The van der Waals surface area contributed by atoms with Crippen LogP contribution >= 0.6 is 11.6 Å². The molecule has 2 atom stereocenters. The van der Waals surface area contributed by atoms with E-state index in [4.69, 9.17) is 16.3 Å². The highest BCUT2D eigenvalue weighted by atomic mass is 35.5. The lowest BCUT2D eigenvalue weighted by Gasteiger charge is -2.32. The summed E-state index contributed by atoms with van der Waals surface area (Å²) in [5.41, 5.74) is 1.32. The van der Waals surface area contributed by atoms with Gasteiger partial charge in [0, 0.05) is 24.0 Å². The molecule has 0 aromatic heterocycles. The number of nitrogens with one attached hydrogen (secondary N) is 1. The Labute approximate surface area is 120 Å². The summed E-state index contributed by atoms with van der Waals surface area (Å²) in [6.45, 7) is 3.75. The fourth-order valence-electron chi connectivity index (χ4n) is 2.52. The van der Waals surface area contributed by atoms with Crippen molar-refractivity contribution in [2.45, 2.75) is 18.4 Å². The number of hydrogen-bond acceptors (Lipinski definition) is 3. The molecule has 0 amide bonds. The molecule has 0 spiro atoms. The van der Waals surface area contributed by atoms with E-state index < -0.39 is 0 Å². The number of morpholine rings is 1. The van der Waals surface area contributed by atoms with Gasteiger partial charge in [0.15, 0.2) is 0 Å². The van der Waals surface area contributed by atoms with Gasteiger partial charge in [-0.25, -0.2) is 0 Å². The molecule has 4 heteroatoms. The predicted molar refractivity (Wildman–Crippen MR) is 80.0 cm³/mol. The first kappa shape index (κ1) is 14.8. The van der Waals surface area contributed by atoms with Crippen molar-refractivity contribution in [3.63, 3.8) is 0 Å². The zero-order chi connectivity index (χ0) is 13.7. The molecular weight excluding hydrogens is 260 g/mol. The van der Waals surface area contributed by atoms with Crippen molar-refractivity contribution in [2.75, 3.05) is 40.3 Å². The van der Waals surface area contributed by atoms with Gasteiger partial charge in [0.1, 0.15) is 0 Å². The zero-order valence-electron chi connectivity index (χ0n) is 11.7. The summed E-state index contributed by atoms with van der Waals surface area (Å²) < 4.78 is 5.94. The van der Waals surface area contributed by atoms with Crippen LogP contribution < -0.4 is 5.32 Å². The summed E-state index contributed by atoms with van der Waals surface area (Å²) in [6, 6.07) is 8.19. The van der Waals surface area contributed by atoms with Crippen LogP contribution in [0.2, 0.25) is 5.02 Å². The molecule has 0 saturated carbocycles. The smallest absolute Gasteiger partial charge is 0.0768 e. The molecule has 0 aliphatic carbocycles. The van der Waals surface area contributed by atoms with Gasteiger partial charge in [-0.05, 0) is 44.8 Å². The van der Waals surface area contributed by atoms with E-state index in [1.54, 1.807) is 0 Å². The highest BCUT2D eigenvalue weighted by Crippen LogP contribution is 2.27. The fourth-order valence-corrected chi connectivity index (χ4v) is 2.64. The van der Waals surface area contributed by atoms with Crippen molar-refractivity contribution in [1.29, 1.82) is 0 Å². The van der Waals surface area contributed by atoms with E-state index in [1.165, 1.54) is 5.56 Å². The number of hydrogen-bond donors (Lipinski definition) is 1. The van der Waals surface area contributed by atoms with Gasteiger partial charge in [0.05, 0.1) is 12.7 Å². The lowest BCUT2D eigenvalue weighted by atomic mass is 9.89. The van der Waals surface area contributed by atoms with Crippen LogP contribution in [0.15, 0.2) is 24.3 Å². The Morgan fingerprint density at radius 3 is 2.68 bits per heavy atom. The summed E-state index contributed by atoms with van der Waals surface area (Å²) in [4.78, 5) is 2.22. The Morgan fingerprint density at radius 1 is 1.37 bits per heavy atom. The molecular formula is C15H23ClN2O. The number of halogens is 1.